The van der Waals surface area contributed by atoms with Crippen molar-refractivity contribution < 1.29 is 32.8 Å². The lowest BCUT2D eigenvalue weighted by Crippen LogP contribution is -2.52. The fourth-order valence-electron chi connectivity index (χ4n) is 5.52. The highest BCUT2D eigenvalue weighted by Crippen LogP contribution is 2.28. The van der Waals surface area contributed by atoms with Crippen LogP contribution in [0.3, 0.4) is 0 Å². The molecule has 0 saturated carbocycles. The van der Waals surface area contributed by atoms with Gasteiger partial charge in [-0.3, -0.25) is 28.9 Å². The summed E-state index contributed by atoms with van der Waals surface area (Å²) in [7, 11) is 0. The van der Waals surface area contributed by atoms with Gasteiger partial charge in [-0.25, -0.2) is 0 Å². The van der Waals surface area contributed by atoms with Gasteiger partial charge >= 0.3 is 0 Å². The molecule has 0 unspecified atom stereocenters. The van der Waals surface area contributed by atoms with Gasteiger partial charge in [0.05, 0.1) is 19.1 Å². The van der Waals surface area contributed by atoms with E-state index in [0.717, 1.165) is 0 Å². The van der Waals surface area contributed by atoms with Crippen molar-refractivity contribution in [3.8, 4) is 0 Å². The molecule has 0 bridgehead atoms. The minimum atomic E-state index is -0.434. The molecule has 6 rings (SSSR count). The maximum atomic E-state index is 13.7. The van der Waals surface area contributed by atoms with E-state index in [1.54, 1.807) is 63.2 Å². The number of allylic oxidation sites excluding steroid dienone is 2. The highest BCUT2D eigenvalue weighted by atomic mass is 16.3. The van der Waals surface area contributed by atoms with Crippen molar-refractivity contribution in [1.82, 2.24) is 24.9 Å². The zero-order valence-electron chi connectivity index (χ0n) is 22.8. The molecule has 0 atom stereocenters. The van der Waals surface area contributed by atoms with Crippen molar-refractivity contribution >= 4 is 29.3 Å². The summed E-state index contributed by atoms with van der Waals surface area (Å²) in [6, 6.07) is 13.1. The van der Waals surface area contributed by atoms with Gasteiger partial charge in [-0.1, -0.05) is 24.3 Å². The number of nitrogens with one attached hydrogen (secondary N) is 1. The fraction of sp³-hybridized carbons (Fsp3) is 0.300. The summed E-state index contributed by atoms with van der Waals surface area (Å²) in [6.45, 7) is 3.00. The second-order valence-corrected chi connectivity index (χ2v) is 10.3. The largest absolute Gasteiger partial charge is 0.459 e. The standard InChI is InChI=1S/C30H29N5O7/c36-24(19-32-9-11-34(12-10-32)29(39)22-7-3-17-41-22)31-25-26(28(38)21-6-2-1-5-20(21)27(25)37)33-13-15-35(16-14-33)30(40)23-8-4-18-42-23/h1-8,17-18H,9-16,19H2,(H,31,36). The second kappa shape index (κ2) is 11.5. The molecule has 2 aliphatic heterocycles. The van der Waals surface area contributed by atoms with Crippen LogP contribution >= 0.6 is 0 Å². The van der Waals surface area contributed by atoms with E-state index in [4.69, 9.17) is 8.83 Å². The number of ketones is 2. The minimum Gasteiger partial charge on any atom is -0.459 e. The first-order valence-corrected chi connectivity index (χ1v) is 13.8. The second-order valence-electron chi connectivity index (χ2n) is 10.3. The number of amides is 3. The third-order valence-corrected chi connectivity index (χ3v) is 7.73. The molecule has 42 heavy (non-hydrogen) atoms. The normalized spacial score (nSPS) is 17.9. The van der Waals surface area contributed by atoms with E-state index in [9.17, 15) is 24.0 Å². The van der Waals surface area contributed by atoms with Gasteiger partial charge in [-0.2, -0.15) is 0 Å². The van der Waals surface area contributed by atoms with Crippen LogP contribution in [0.15, 0.2) is 81.3 Å². The molecule has 3 aliphatic rings. The Hall–Kier alpha value is -4.97. The van der Waals surface area contributed by atoms with Gasteiger partial charge < -0.3 is 28.9 Å². The zero-order valence-corrected chi connectivity index (χ0v) is 22.8. The number of hydrogen-bond acceptors (Lipinski definition) is 9. The molecule has 12 nitrogen and oxygen atoms in total. The van der Waals surface area contributed by atoms with Crippen LogP contribution in [0.5, 0.6) is 0 Å². The average molecular weight is 572 g/mol. The third-order valence-electron chi connectivity index (χ3n) is 7.73. The summed E-state index contributed by atoms with van der Waals surface area (Å²) < 4.78 is 10.4. The summed E-state index contributed by atoms with van der Waals surface area (Å²) >= 11 is 0. The molecule has 1 aliphatic carbocycles. The maximum Gasteiger partial charge on any atom is 0.289 e. The van der Waals surface area contributed by atoms with Crippen molar-refractivity contribution in [3.63, 3.8) is 0 Å². The van der Waals surface area contributed by atoms with E-state index in [0.29, 0.717) is 52.4 Å². The monoisotopic (exact) mass is 571 g/mol. The van der Waals surface area contributed by atoms with Crippen molar-refractivity contribution in [3.05, 3.63) is 95.1 Å². The van der Waals surface area contributed by atoms with Gasteiger partial charge in [0.25, 0.3) is 11.8 Å². The molecule has 3 aromatic rings. The van der Waals surface area contributed by atoms with Gasteiger partial charge in [0.1, 0.15) is 11.4 Å². The minimum absolute atomic E-state index is 0.00585. The van der Waals surface area contributed by atoms with Crippen molar-refractivity contribution in [2.75, 3.05) is 58.9 Å². The van der Waals surface area contributed by atoms with Crippen LogP contribution in [-0.2, 0) is 4.79 Å². The van der Waals surface area contributed by atoms with Crippen LogP contribution in [0.25, 0.3) is 0 Å². The Morgan fingerprint density at radius 2 is 1.19 bits per heavy atom. The fourth-order valence-corrected chi connectivity index (χ4v) is 5.52. The molecule has 0 spiro atoms. The van der Waals surface area contributed by atoms with E-state index in [1.807, 2.05) is 4.90 Å². The van der Waals surface area contributed by atoms with Crippen molar-refractivity contribution in [2.24, 2.45) is 0 Å². The highest BCUT2D eigenvalue weighted by Gasteiger charge is 2.38. The number of benzene rings is 1. The van der Waals surface area contributed by atoms with Gasteiger partial charge in [0, 0.05) is 63.5 Å². The molecule has 1 N–H and O–H groups in total. The number of hydrogen-bond donors (Lipinski definition) is 1. The molecule has 1 aromatic carbocycles. The number of piperazine rings is 2. The van der Waals surface area contributed by atoms with Crippen molar-refractivity contribution in [2.45, 2.75) is 0 Å². The number of Topliss-reactive ketones (excluding diaryl/α,β-unsaturated/α-hetero) is 2. The Bertz CT molecular complexity index is 1540. The van der Waals surface area contributed by atoms with E-state index in [1.165, 1.54) is 12.5 Å². The number of carbonyl (C=O) groups is 5. The highest BCUT2D eigenvalue weighted by molar-refractivity contribution is 6.27. The van der Waals surface area contributed by atoms with Gasteiger partial charge in [0.15, 0.2) is 11.5 Å². The summed E-state index contributed by atoms with van der Waals surface area (Å²) in [5.41, 5.74) is 0.590. The molecule has 0 radical (unpaired) electrons. The predicted octanol–water partition coefficient (Wildman–Crippen LogP) is 1.50. The molecular weight excluding hydrogens is 542 g/mol. The Balaban J connectivity index is 1.15. The smallest absolute Gasteiger partial charge is 0.289 e. The van der Waals surface area contributed by atoms with E-state index >= 15 is 0 Å². The summed E-state index contributed by atoms with van der Waals surface area (Å²) in [5.74, 6) is -1.15. The first kappa shape index (κ1) is 27.2. The summed E-state index contributed by atoms with van der Waals surface area (Å²) in [6.07, 6.45) is 2.89. The Labute approximate surface area is 241 Å². The third kappa shape index (κ3) is 5.23. The number of nitrogens with zero attached hydrogens (tertiary/aromatic N) is 4. The molecule has 12 heteroatoms. The molecule has 216 valence electrons. The number of fused-ring (bicyclic) bond motifs is 1. The average Bonchev–Trinajstić information content (AvgIpc) is 3.75. The molecule has 4 heterocycles. The Kier molecular flexibility index (Phi) is 7.44. The van der Waals surface area contributed by atoms with Crippen LogP contribution in [0.1, 0.15) is 41.8 Å². The van der Waals surface area contributed by atoms with E-state index in [2.05, 4.69) is 5.32 Å². The first-order chi connectivity index (χ1) is 20.4. The van der Waals surface area contributed by atoms with Crippen LogP contribution in [0.4, 0.5) is 0 Å². The predicted molar refractivity (Wildman–Crippen MR) is 148 cm³/mol. The molecular formula is C30H29N5O7. The van der Waals surface area contributed by atoms with Gasteiger partial charge in [-0.05, 0) is 24.3 Å². The van der Waals surface area contributed by atoms with Crippen LogP contribution < -0.4 is 5.32 Å². The van der Waals surface area contributed by atoms with Crippen LogP contribution in [-0.4, -0.2) is 108 Å². The quantitative estimate of drug-likeness (QED) is 0.467. The Morgan fingerprint density at radius 3 is 1.71 bits per heavy atom. The molecule has 2 aromatic heterocycles. The van der Waals surface area contributed by atoms with Crippen LogP contribution in [0.2, 0.25) is 0 Å². The topological polar surface area (TPSA) is 137 Å². The zero-order chi connectivity index (χ0) is 29.2. The molecule has 3 amide bonds. The summed E-state index contributed by atoms with van der Waals surface area (Å²) in [4.78, 5) is 72.8. The lowest BCUT2D eigenvalue weighted by atomic mass is 9.89. The number of carbonyl (C=O) groups excluding carboxylic acids is 5. The molecule has 2 saturated heterocycles. The summed E-state index contributed by atoms with van der Waals surface area (Å²) in [5, 5.41) is 2.74. The number of rotatable bonds is 6. The Morgan fingerprint density at radius 1 is 0.667 bits per heavy atom. The molecule has 2 fully saturated rings. The lowest BCUT2D eigenvalue weighted by Gasteiger charge is -2.38. The van der Waals surface area contributed by atoms with E-state index in [-0.39, 0.29) is 58.2 Å². The van der Waals surface area contributed by atoms with Gasteiger partial charge in [0.2, 0.25) is 17.5 Å². The van der Waals surface area contributed by atoms with Crippen LogP contribution in [0, 0.1) is 0 Å². The number of furan rings is 2. The van der Waals surface area contributed by atoms with Gasteiger partial charge in [-0.15, -0.1) is 0 Å². The van der Waals surface area contributed by atoms with Crippen molar-refractivity contribution in [1.29, 1.82) is 0 Å². The maximum absolute atomic E-state index is 13.7. The SMILES string of the molecule is O=C(CN1CCN(C(=O)c2ccco2)CC1)NC1=C(N2CCN(C(=O)c3ccco3)CC2)C(=O)c2ccccc2C1=O. The first-order valence-electron chi connectivity index (χ1n) is 13.8. The lowest BCUT2D eigenvalue weighted by molar-refractivity contribution is -0.121. The van der Waals surface area contributed by atoms with E-state index < -0.39 is 11.7 Å².